The summed E-state index contributed by atoms with van der Waals surface area (Å²) in [6.07, 6.45) is 2.52. The molecule has 6 nitrogen and oxygen atoms in total. The molecular weight excluding hydrogens is 326 g/mol. The van der Waals surface area contributed by atoms with E-state index in [4.69, 9.17) is 4.74 Å². The van der Waals surface area contributed by atoms with E-state index in [0.717, 1.165) is 18.8 Å². The van der Waals surface area contributed by atoms with Gasteiger partial charge in [-0.3, -0.25) is 4.72 Å². The lowest BCUT2D eigenvalue weighted by Crippen LogP contribution is -2.13. The summed E-state index contributed by atoms with van der Waals surface area (Å²) in [5, 5.41) is 3.14. The van der Waals surface area contributed by atoms with Crippen LogP contribution < -0.4 is 14.8 Å². The van der Waals surface area contributed by atoms with Gasteiger partial charge in [0.2, 0.25) is 0 Å². The van der Waals surface area contributed by atoms with Crippen LogP contribution in [0.2, 0.25) is 0 Å². The van der Waals surface area contributed by atoms with Gasteiger partial charge in [0.05, 0.1) is 22.9 Å². The molecule has 0 saturated heterocycles. The van der Waals surface area contributed by atoms with Crippen molar-refractivity contribution in [1.29, 1.82) is 0 Å². The highest BCUT2D eigenvalue weighted by Crippen LogP contribution is 2.20. The fourth-order valence-electron chi connectivity index (χ4n) is 2.00. The number of aromatic nitrogens is 1. The third-order valence-electron chi connectivity index (χ3n) is 3.08. The number of anilines is 2. The van der Waals surface area contributed by atoms with Crippen molar-refractivity contribution in [2.75, 3.05) is 16.6 Å². The molecule has 2 N–H and O–H groups in total. The summed E-state index contributed by atoms with van der Waals surface area (Å²) >= 11 is 0. The summed E-state index contributed by atoms with van der Waals surface area (Å²) < 4.78 is 32.8. The Morgan fingerprint density at radius 3 is 2.38 bits per heavy atom. The average molecular weight is 349 g/mol. The molecule has 24 heavy (non-hydrogen) atoms. The number of nitrogens with one attached hydrogen (secondary N) is 2. The van der Waals surface area contributed by atoms with Gasteiger partial charge in [-0.25, -0.2) is 13.4 Å². The minimum absolute atomic E-state index is 0.0384. The van der Waals surface area contributed by atoms with E-state index in [1.54, 1.807) is 24.3 Å². The van der Waals surface area contributed by atoms with Crippen molar-refractivity contribution in [3.05, 3.63) is 42.6 Å². The van der Waals surface area contributed by atoms with Crippen LogP contribution in [0.4, 0.5) is 11.5 Å². The van der Waals surface area contributed by atoms with Gasteiger partial charge in [-0.05, 0) is 56.7 Å². The van der Waals surface area contributed by atoms with Gasteiger partial charge in [0.25, 0.3) is 10.0 Å². The number of rotatable bonds is 8. The SMILES string of the molecule is CCCNc1ccc(NS(=O)(=O)c2ccc(OC(C)C)cc2)cn1. The van der Waals surface area contributed by atoms with Crippen LogP contribution in [0, 0.1) is 0 Å². The minimum atomic E-state index is -3.65. The molecule has 1 aromatic carbocycles. The van der Waals surface area contributed by atoms with E-state index in [0.29, 0.717) is 11.4 Å². The number of sulfonamides is 1. The van der Waals surface area contributed by atoms with Gasteiger partial charge in [0.1, 0.15) is 11.6 Å². The van der Waals surface area contributed by atoms with E-state index in [-0.39, 0.29) is 11.0 Å². The number of benzene rings is 1. The Morgan fingerprint density at radius 1 is 1.12 bits per heavy atom. The molecular formula is C17H23N3O3S. The Bertz CT molecular complexity index is 742. The lowest BCUT2D eigenvalue weighted by molar-refractivity contribution is 0.242. The molecule has 0 bridgehead atoms. The largest absolute Gasteiger partial charge is 0.491 e. The number of hydrogen-bond acceptors (Lipinski definition) is 5. The van der Waals surface area contributed by atoms with E-state index < -0.39 is 10.0 Å². The summed E-state index contributed by atoms with van der Waals surface area (Å²) in [6.45, 7) is 6.71. The zero-order valence-electron chi connectivity index (χ0n) is 14.1. The Kier molecular flexibility index (Phi) is 6.03. The standard InChI is InChI=1S/C17H23N3O3S/c1-4-11-18-17-10-5-14(12-19-17)20-24(21,22)16-8-6-15(7-9-16)23-13(2)3/h5-10,12-13,20H,4,11H2,1-3H3,(H,18,19). The fraction of sp³-hybridized carbons (Fsp3) is 0.353. The van der Waals surface area contributed by atoms with Gasteiger partial charge in [0, 0.05) is 6.54 Å². The van der Waals surface area contributed by atoms with E-state index >= 15 is 0 Å². The highest BCUT2D eigenvalue weighted by atomic mass is 32.2. The molecule has 0 aliphatic rings. The number of hydrogen-bond donors (Lipinski definition) is 2. The first-order valence-electron chi connectivity index (χ1n) is 7.90. The second kappa shape index (κ2) is 8.01. The molecule has 0 amide bonds. The van der Waals surface area contributed by atoms with Crippen molar-refractivity contribution in [1.82, 2.24) is 4.98 Å². The molecule has 0 unspecified atom stereocenters. The zero-order chi connectivity index (χ0) is 17.6. The highest BCUT2D eigenvalue weighted by molar-refractivity contribution is 7.92. The fourth-order valence-corrected chi connectivity index (χ4v) is 3.04. The van der Waals surface area contributed by atoms with E-state index in [9.17, 15) is 8.42 Å². The van der Waals surface area contributed by atoms with E-state index in [1.807, 2.05) is 13.8 Å². The first-order valence-corrected chi connectivity index (χ1v) is 9.38. The second-order valence-corrected chi connectivity index (χ2v) is 7.28. The normalized spacial score (nSPS) is 11.3. The van der Waals surface area contributed by atoms with Gasteiger partial charge in [-0.1, -0.05) is 6.92 Å². The molecule has 0 aliphatic heterocycles. The molecule has 0 saturated carbocycles. The Labute approximate surface area is 143 Å². The summed E-state index contributed by atoms with van der Waals surface area (Å²) in [5.74, 6) is 1.35. The molecule has 0 spiro atoms. The Morgan fingerprint density at radius 2 is 1.83 bits per heavy atom. The van der Waals surface area contributed by atoms with Crippen LogP contribution in [0.5, 0.6) is 5.75 Å². The van der Waals surface area contributed by atoms with Crippen LogP contribution >= 0.6 is 0 Å². The molecule has 1 aromatic heterocycles. The van der Waals surface area contributed by atoms with Crippen LogP contribution in [0.1, 0.15) is 27.2 Å². The van der Waals surface area contributed by atoms with Gasteiger partial charge in [0.15, 0.2) is 0 Å². The van der Waals surface area contributed by atoms with Gasteiger partial charge < -0.3 is 10.1 Å². The molecule has 130 valence electrons. The average Bonchev–Trinajstić information content (AvgIpc) is 2.54. The highest BCUT2D eigenvalue weighted by Gasteiger charge is 2.14. The van der Waals surface area contributed by atoms with Crippen molar-refractivity contribution in [2.24, 2.45) is 0 Å². The first kappa shape index (κ1) is 18.1. The summed E-state index contributed by atoms with van der Waals surface area (Å²) in [7, 11) is -3.65. The Balaban J connectivity index is 2.07. The van der Waals surface area contributed by atoms with Crippen LogP contribution in [0.15, 0.2) is 47.5 Å². The lowest BCUT2D eigenvalue weighted by atomic mass is 10.3. The maximum atomic E-state index is 12.4. The maximum Gasteiger partial charge on any atom is 0.261 e. The summed E-state index contributed by atoms with van der Waals surface area (Å²) in [4.78, 5) is 4.36. The van der Waals surface area contributed by atoms with E-state index in [1.165, 1.54) is 18.3 Å². The zero-order valence-corrected chi connectivity index (χ0v) is 14.9. The molecule has 0 fully saturated rings. The molecule has 7 heteroatoms. The number of nitrogens with zero attached hydrogens (tertiary/aromatic N) is 1. The van der Waals surface area contributed by atoms with Crippen molar-refractivity contribution in [3.63, 3.8) is 0 Å². The number of ether oxygens (including phenoxy) is 1. The minimum Gasteiger partial charge on any atom is -0.491 e. The molecule has 0 atom stereocenters. The summed E-state index contributed by atoms with van der Waals surface area (Å²) in [5.41, 5.74) is 0.416. The predicted octanol–water partition coefficient (Wildman–Crippen LogP) is 3.49. The molecule has 2 aromatic rings. The van der Waals surface area contributed by atoms with Gasteiger partial charge in [-0.15, -0.1) is 0 Å². The molecule has 0 radical (unpaired) electrons. The predicted molar refractivity (Wildman–Crippen MR) is 96.0 cm³/mol. The molecule has 2 rings (SSSR count). The smallest absolute Gasteiger partial charge is 0.261 e. The third kappa shape index (κ3) is 5.13. The van der Waals surface area contributed by atoms with Crippen LogP contribution in [-0.4, -0.2) is 26.1 Å². The first-order chi connectivity index (χ1) is 11.4. The van der Waals surface area contributed by atoms with Crippen molar-refractivity contribution in [3.8, 4) is 5.75 Å². The van der Waals surface area contributed by atoms with Crippen molar-refractivity contribution < 1.29 is 13.2 Å². The number of pyridine rings is 1. The van der Waals surface area contributed by atoms with E-state index in [2.05, 4.69) is 21.9 Å². The Hall–Kier alpha value is -2.28. The van der Waals surface area contributed by atoms with Gasteiger partial charge in [-0.2, -0.15) is 0 Å². The van der Waals surface area contributed by atoms with Crippen LogP contribution in [0.3, 0.4) is 0 Å². The molecule has 1 heterocycles. The maximum absolute atomic E-state index is 12.4. The topological polar surface area (TPSA) is 80.3 Å². The second-order valence-electron chi connectivity index (χ2n) is 5.60. The molecule has 0 aliphatic carbocycles. The lowest BCUT2D eigenvalue weighted by Gasteiger charge is -2.11. The summed E-state index contributed by atoms with van der Waals surface area (Å²) in [6, 6.07) is 9.75. The quantitative estimate of drug-likeness (QED) is 0.762. The van der Waals surface area contributed by atoms with Gasteiger partial charge >= 0.3 is 0 Å². The van der Waals surface area contributed by atoms with Crippen molar-refractivity contribution >= 4 is 21.5 Å². The van der Waals surface area contributed by atoms with Crippen molar-refractivity contribution in [2.45, 2.75) is 38.2 Å². The monoisotopic (exact) mass is 349 g/mol. The van der Waals surface area contributed by atoms with Crippen LogP contribution in [0.25, 0.3) is 0 Å². The van der Waals surface area contributed by atoms with Crippen LogP contribution in [-0.2, 0) is 10.0 Å². The third-order valence-corrected chi connectivity index (χ3v) is 4.47.